The minimum atomic E-state index is -4.83. The number of fused-ring (bicyclic) bond motifs is 2. The quantitative estimate of drug-likeness (QED) is 0.219. The van der Waals surface area contributed by atoms with Crippen molar-refractivity contribution in [3.8, 4) is 11.5 Å². The molecule has 13 heteroatoms. The van der Waals surface area contributed by atoms with Gasteiger partial charge in [-0.1, -0.05) is 12.1 Å². The molecule has 0 aliphatic rings. The molecule has 4 aromatic carbocycles. The van der Waals surface area contributed by atoms with Crippen LogP contribution in [0.2, 0.25) is 0 Å². The number of azo groups is 1. The molecule has 0 aromatic heterocycles. The maximum absolute atomic E-state index is 11.5. The first-order chi connectivity index (χ1) is 15.4. The lowest BCUT2D eigenvalue weighted by Gasteiger charge is -2.13. The summed E-state index contributed by atoms with van der Waals surface area (Å²) in [5.41, 5.74) is 5.68. The molecule has 0 heterocycles. The van der Waals surface area contributed by atoms with E-state index in [0.29, 0.717) is 5.39 Å². The second-order valence-electron chi connectivity index (χ2n) is 6.97. The number of rotatable bonds is 4. The Labute approximate surface area is 186 Å². The van der Waals surface area contributed by atoms with E-state index >= 15 is 0 Å². The molecule has 0 saturated carbocycles. The predicted molar refractivity (Wildman–Crippen MR) is 116 cm³/mol. The van der Waals surface area contributed by atoms with Gasteiger partial charge in [-0.3, -0.25) is 0 Å². The van der Waals surface area contributed by atoms with Crippen LogP contribution in [-0.2, 0) is 20.2 Å². The van der Waals surface area contributed by atoms with Gasteiger partial charge in [0, 0.05) is 11.1 Å². The molecule has 4 aromatic rings. The van der Waals surface area contributed by atoms with Gasteiger partial charge in [-0.15, -0.1) is 10.2 Å². The van der Waals surface area contributed by atoms with Crippen LogP contribution in [0.4, 0.5) is 17.1 Å². The normalized spacial score (nSPS) is 12.7. The Morgan fingerprint density at radius 1 is 0.758 bits per heavy atom. The van der Waals surface area contributed by atoms with E-state index in [-0.39, 0.29) is 39.0 Å². The molecular weight excluding hydrogens is 474 g/mol. The SMILES string of the molecule is Nc1ccc(S(=O)(=O)[O-])c2ccc(N=Nc3cc4ccc(S(=O)(=O)[O-])cc4cc3O)c(O)c12. The van der Waals surface area contributed by atoms with Crippen molar-refractivity contribution in [2.24, 2.45) is 10.2 Å². The lowest BCUT2D eigenvalue weighted by atomic mass is 10.1. The van der Waals surface area contributed by atoms with Crippen molar-refractivity contribution in [2.45, 2.75) is 9.79 Å². The molecule has 11 nitrogen and oxygen atoms in total. The first-order valence-electron chi connectivity index (χ1n) is 9.01. The molecule has 33 heavy (non-hydrogen) atoms. The molecule has 0 amide bonds. The highest BCUT2D eigenvalue weighted by Crippen LogP contribution is 2.42. The van der Waals surface area contributed by atoms with E-state index in [4.69, 9.17) is 5.73 Å². The smallest absolute Gasteiger partial charge is 0.153 e. The first kappa shape index (κ1) is 22.4. The number of phenolic OH excluding ortho intramolecular Hbond substituents is 2. The summed E-state index contributed by atoms with van der Waals surface area (Å²) in [6.45, 7) is 0. The Morgan fingerprint density at radius 2 is 1.45 bits per heavy atom. The van der Waals surface area contributed by atoms with E-state index in [2.05, 4.69) is 10.2 Å². The first-order valence-corrected chi connectivity index (χ1v) is 11.8. The number of benzene rings is 4. The van der Waals surface area contributed by atoms with Gasteiger partial charge < -0.3 is 25.1 Å². The number of nitrogens with two attached hydrogens (primary N) is 1. The molecule has 0 aliphatic heterocycles. The third-order valence-electron chi connectivity index (χ3n) is 4.85. The minimum absolute atomic E-state index is 0.00429. The fourth-order valence-electron chi connectivity index (χ4n) is 3.31. The van der Waals surface area contributed by atoms with Gasteiger partial charge in [-0.05, 0) is 53.2 Å². The van der Waals surface area contributed by atoms with Crippen molar-refractivity contribution < 1.29 is 36.2 Å². The van der Waals surface area contributed by atoms with Gasteiger partial charge in [0.25, 0.3) is 0 Å². The highest BCUT2D eigenvalue weighted by Gasteiger charge is 2.15. The van der Waals surface area contributed by atoms with Crippen molar-refractivity contribution in [3.63, 3.8) is 0 Å². The van der Waals surface area contributed by atoms with Crippen molar-refractivity contribution in [1.82, 2.24) is 0 Å². The average molecular weight is 487 g/mol. The van der Waals surface area contributed by atoms with Crippen molar-refractivity contribution in [2.75, 3.05) is 5.73 Å². The molecule has 0 atom stereocenters. The maximum atomic E-state index is 11.5. The van der Waals surface area contributed by atoms with E-state index in [0.717, 1.165) is 18.2 Å². The summed E-state index contributed by atoms with van der Waals surface area (Å²) >= 11 is 0. The standard InChI is InChI=1S/C20H15N3O8S2/c21-14-4-6-18(33(29,30)31)13-3-5-15(20(25)19(13)14)22-23-16-8-10-1-2-12(32(26,27)28)7-11(10)9-17(16)24/h1-9,24-25H,21H2,(H,26,27,28)(H,29,30,31)/p-2. The summed E-state index contributed by atoms with van der Waals surface area (Å²) in [7, 11) is -9.50. The number of aromatic hydroxyl groups is 2. The largest absolute Gasteiger partial charge is 0.744 e. The molecule has 0 saturated heterocycles. The van der Waals surface area contributed by atoms with Crippen LogP contribution in [0.15, 0.2) is 74.6 Å². The fraction of sp³-hybridized carbons (Fsp3) is 0. The van der Waals surface area contributed by atoms with Gasteiger partial charge in [-0.25, -0.2) is 16.8 Å². The molecular formula is C20H13N3O8S2-2. The highest BCUT2D eigenvalue weighted by molar-refractivity contribution is 7.86. The molecule has 4 N–H and O–H groups in total. The van der Waals surface area contributed by atoms with Crippen LogP contribution >= 0.6 is 0 Å². The molecule has 0 radical (unpaired) electrons. The van der Waals surface area contributed by atoms with Gasteiger partial charge in [-0.2, -0.15) is 0 Å². The summed E-state index contributed by atoms with van der Waals surface area (Å²) in [4.78, 5) is -1.01. The van der Waals surface area contributed by atoms with Gasteiger partial charge in [0.05, 0.1) is 15.2 Å². The topological polar surface area (TPSA) is 206 Å². The van der Waals surface area contributed by atoms with Gasteiger partial charge in [0.15, 0.2) is 5.75 Å². The van der Waals surface area contributed by atoms with Crippen LogP contribution in [0.5, 0.6) is 11.5 Å². The molecule has 0 unspecified atom stereocenters. The summed E-state index contributed by atoms with van der Waals surface area (Å²) in [6.07, 6.45) is 0. The fourth-order valence-corrected chi connectivity index (χ4v) is 4.49. The monoisotopic (exact) mass is 487 g/mol. The second-order valence-corrected chi connectivity index (χ2v) is 9.69. The molecule has 0 fully saturated rings. The predicted octanol–water partition coefficient (Wildman–Crippen LogP) is 3.21. The lowest BCUT2D eigenvalue weighted by Crippen LogP contribution is -2.01. The molecule has 0 spiro atoms. The number of hydrogen-bond donors (Lipinski definition) is 3. The summed E-state index contributed by atoms with van der Waals surface area (Å²) < 4.78 is 68.0. The maximum Gasteiger partial charge on any atom is 0.153 e. The number of nitrogens with zero attached hydrogens (tertiary/aromatic N) is 2. The van der Waals surface area contributed by atoms with Crippen LogP contribution in [-0.4, -0.2) is 36.2 Å². The number of nitrogen functional groups attached to an aromatic ring is 1. The van der Waals surface area contributed by atoms with Crippen LogP contribution in [0, 0.1) is 0 Å². The van der Waals surface area contributed by atoms with Crippen molar-refractivity contribution in [3.05, 3.63) is 54.6 Å². The summed E-state index contributed by atoms with van der Waals surface area (Å²) in [5.74, 6) is -0.906. The Morgan fingerprint density at radius 3 is 2.12 bits per heavy atom. The lowest BCUT2D eigenvalue weighted by molar-refractivity contribution is 0.461. The third kappa shape index (κ3) is 4.17. The summed E-state index contributed by atoms with van der Waals surface area (Å²) in [5, 5.41) is 29.1. The Bertz CT molecular complexity index is 1700. The third-order valence-corrected chi connectivity index (χ3v) is 6.58. The van der Waals surface area contributed by atoms with Crippen molar-refractivity contribution in [1.29, 1.82) is 0 Å². The van der Waals surface area contributed by atoms with E-state index in [1.54, 1.807) is 0 Å². The Balaban J connectivity index is 1.80. The van der Waals surface area contributed by atoms with E-state index in [1.807, 2.05) is 0 Å². The molecule has 170 valence electrons. The number of hydrogen-bond acceptors (Lipinski definition) is 11. The van der Waals surface area contributed by atoms with Gasteiger partial charge in [0.2, 0.25) is 0 Å². The van der Waals surface area contributed by atoms with Gasteiger partial charge >= 0.3 is 0 Å². The molecule has 0 bridgehead atoms. The minimum Gasteiger partial charge on any atom is -0.744 e. The Kier molecular flexibility index (Phi) is 5.21. The number of phenols is 2. The van der Waals surface area contributed by atoms with Crippen molar-refractivity contribution >= 4 is 58.8 Å². The zero-order valence-corrected chi connectivity index (χ0v) is 18.0. The Hall–Kier alpha value is -3.78. The highest BCUT2D eigenvalue weighted by atomic mass is 32.2. The second kappa shape index (κ2) is 7.67. The van der Waals surface area contributed by atoms with E-state index in [1.165, 1.54) is 36.4 Å². The molecule has 0 aliphatic carbocycles. The van der Waals surface area contributed by atoms with Crippen LogP contribution in [0.3, 0.4) is 0 Å². The van der Waals surface area contributed by atoms with Crippen LogP contribution in [0.1, 0.15) is 0 Å². The van der Waals surface area contributed by atoms with Crippen LogP contribution in [0.25, 0.3) is 21.5 Å². The van der Waals surface area contributed by atoms with Crippen LogP contribution < -0.4 is 5.73 Å². The zero-order chi connectivity index (χ0) is 24.1. The van der Waals surface area contributed by atoms with E-state index < -0.39 is 35.8 Å². The van der Waals surface area contributed by atoms with E-state index in [9.17, 15) is 36.2 Å². The van der Waals surface area contributed by atoms with Gasteiger partial charge in [0.1, 0.15) is 37.4 Å². The molecule has 4 rings (SSSR count). The summed E-state index contributed by atoms with van der Waals surface area (Å²) in [6, 6.07) is 10.8. The number of anilines is 1. The zero-order valence-electron chi connectivity index (χ0n) is 16.3. The average Bonchev–Trinajstić information content (AvgIpc) is 2.71.